The Balaban J connectivity index is 2.10. The number of carboxylic acids is 1. The van der Waals surface area contributed by atoms with Crippen LogP contribution in [0.25, 0.3) is 0 Å². The first kappa shape index (κ1) is 14.4. The zero-order chi connectivity index (χ0) is 15.4. The van der Waals surface area contributed by atoms with Crippen LogP contribution in [-0.2, 0) is 6.54 Å². The van der Waals surface area contributed by atoms with E-state index in [1.54, 1.807) is 19.1 Å². The number of aryl methyl sites for hydroxylation is 1. The number of carbonyl (C=O) groups is 1. The standard InChI is InChI=1S/C14H13N3O4/c1-9-6-11(2-3-13(9)17(20)21)16-8-12-7-10(14(18)19)4-5-15-12/h2-7,16H,8H2,1H3,(H,18,19). The van der Waals surface area contributed by atoms with Crippen LogP contribution >= 0.6 is 0 Å². The highest BCUT2D eigenvalue weighted by Gasteiger charge is 2.10. The van der Waals surface area contributed by atoms with E-state index in [9.17, 15) is 14.9 Å². The van der Waals surface area contributed by atoms with Crippen LogP contribution < -0.4 is 5.32 Å². The second-order valence-electron chi connectivity index (χ2n) is 4.45. The van der Waals surface area contributed by atoms with Crippen LogP contribution in [0.15, 0.2) is 36.5 Å². The lowest BCUT2D eigenvalue weighted by molar-refractivity contribution is -0.385. The number of nitro groups is 1. The molecule has 1 heterocycles. The lowest BCUT2D eigenvalue weighted by Gasteiger charge is -2.07. The molecule has 0 amide bonds. The monoisotopic (exact) mass is 287 g/mol. The van der Waals surface area contributed by atoms with Crippen LogP contribution in [0.4, 0.5) is 11.4 Å². The SMILES string of the molecule is Cc1cc(NCc2cc(C(=O)O)ccn2)ccc1[N+](=O)[O-]. The molecular formula is C14H13N3O4. The summed E-state index contributed by atoms with van der Waals surface area (Å²) >= 11 is 0. The van der Waals surface area contributed by atoms with Gasteiger partial charge in [-0.25, -0.2) is 4.79 Å². The van der Waals surface area contributed by atoms with E-state index < -0.39 is 10.9 Å². The number of benzene rings is 1. The molecule has 0 bridgehead atoms. The van der Waals surface area contributed by atoms with E-state index in [2.05, 4.69) is 10.3 Å². The summed E-state index contributed by atoms with van der Waals surface area (Å²) in [5, 5.41) is 22.7. The van der Waals surface area contributed by atoms with Gasteiger partial charge in [0, 0.05) is 23.5 Å². The molecule has 0 fully saturated rings. The summed E-state index contributed by atoms with van der Waals surface area (Å²) in [6.07, 6.45) is 1.43. The van der Waals surface area contributed by atoms with Gasteiger partial charge in [-0.15, -0.1) is 0 Å². The van der Waals surface area contributed by atoms with Crippen LogP contribution in [0.2, 0.25) is 0 Å². The molecule has 0 saturated carbocycles. The Hall–Kier alpha value is -2.96. The molecule has 2 aromatic rings. The Morgan fingerprint density at radius 2 is 2.14 bits per heavy atom. The van der Waals surface area contributed by atoms with Crippen molar-refractivity contribution in [3.8, 4) is 0 Å². The van der Waals surface area contributed by atoms with Crippen molar-refractivity contribution in [2.45, 2.75) is 13.5 Å². The van der Waals surface area contributed by atoms with E-state index in [1.165, 1.54) is 24.4 Å². The highest BCUT2D eigenvalue weighted by atomic mass is 16.6. The van der Waals surface area contributed by atoms with E-state index in [-0.39, 0.29) is 11.3 Å². The predicted octanol–water partition coefficient (Wildman–Crippen LogP) is 2.61. The number of rotatable bonds is 5. The van der Waals surface area contributed by atoms with Gasteiger partial charge in [0.05, 0.1) is 22.7 Å². The lowest BCUT2D eigenvalue weighted by atomic mass is 10.1. The lowest BCUT2D eigenvalue weighted by Crippen LogP contribution is -2.05. The first-order valence-electron chi connectivity index (χ1n) is 6.14. The molecule has 0 radical (unpaired) electrons. The normalized spacial score (nSPS) is 10.1. The Bertz CT molecular complexity index is 700. The number of nitrogens with one attached hydrogen (secondary N) is 1. The highest BCUT2D eigenvalue weighted by Crippen LogP contribution is 2.21. The highest BCUT2D eigenvalue weighted by molar-refractivity contribution is 5.87. The molecule has 0 atom stereocenters. The molecule has 0 aliphatic heterocycles. The number of anilines is 1. The zero-order valence-corrected chi connectivity index (χ0v) is 11.2. The number of carboxylic acid groups (broad SMARTS) is 1. The quantitative estimate of drug-likeness (QED) is 0.646. The van der Waals surface area contributed by atoms with Crippen molar-refractivity contribution in [1.82, 2.24) is 4.98 Å². The summed E-state index contributed by atoms with van der Waals surface area (Å²) in [4.78, 5) is 25.2. The molecule has 108 valence electrons. The van der Waals surface area contributed by atoms with Gasteiger partial charge in [0.25, 0.3) is 5.69 Å². The molecule has 1 aromatic heterocycles. The maximum atomic E-state index is 10.9. The van der Waals surface area contributed by atoms with Crippen molar-refractivity contribution < 1.29 is 14.8 Å². The van der Waals surface area contributed by atoms with E-state index in [0.29, 0.717) is 23.5 Å². The third-order valence-corrected chi connectivity index (χ3v) is 2.93. The maximum Gasteiger partial charge on any atom is 0.335 e. The van der Waals surface area contributed by atoms with Crippen LogP contribution in [0.3, 0.4) is 0 Å². The summed E-state index contributed by atoms with van der Waals surface area (Å²) in [6.45, 7) is 1.99. The molecule has 2 N–H and O–H groups in total. The second-order valence-corrected chi connectivity index (χ2v) is 4.45. The molecule has 7 nitrogen and oxygen atoms in total. The Morgan fingerprint density at radius 1 is 1.38 bits per heavy atom. The van der Waals surface area contributed by atoms with E-state index in [0.717, 1.165) is 0 Å². The van der Waals surface area contributed by atoms with Gasteiger partial charge in [0.1, 0.15) is 0 Å². The van der Waals surface area contributed by atoms with E-state index in [4.69, 9.17) is 5.11 Å². The largest absolute Gasteiger partial charge is 0.478 e. The average Bonchev–Trinajstić information content (AvgIpc) is 2.45. The third-order valence-electron chi connectivity index (χ3n) is 2.93. The van der Waals surface area contributed by atoms with Crippen molar-refractivity contribution in [3.63, 3.8) is 0 Å². The Morgan fingerprint density at radius 3 is 2.76 bits per heavy atom. The fraction of sp³-hybridized carbons (Fsp3) is 0.143. The van der Waals surface area contributed by atoms with Gasteiger partial charge >= 0.3 is 5.97 Å². The molecule has 0 aliphatic carbocycles. The van der Waals surface area contributed by atoms with Gasteiger partial charge in [-0.3, -0.25) is 15.1 Å². The van der Waals surface area contributed by atoms with Crippen molar-refractivity contribution in [2.75, 3.05) is 5.32 Å². The van der Waals surface area contributed by atoms with Gasteiger partial charge in [-0.1, -0.05) is 0 Å². The van der Waals surface area contributed by atoms with Crippen LogP contribution in [0, 0.1) is 17.0 Å². The minimum absolute atomic E-state index is 0.0616. The molecule has 1 aromatic carbocycles. The molecule has 0 saturated heterocycles. The average molecular weight is 287 g/mol. The molecule has 0 spiro atoms. The molecule has 0 unspecified atom stereocenters. The van der Waals surface area contributed by atoms with Crippen molar-refractivity contribution in [1.29, 1.82) is 0 Å². The van der Waals surface area contributed by atoms with Crippen LogP contribution in [-0.4, -0.2) is 21.0 Å². The summed E-state index contributed by atoms with van der Waals surface area (Å²) in [7, 11) is 0. The number of aromatic nitrogens is 1. The minimum atomic E-state index is -1.01. The topological polar surface area (TPSA) is 105 Å². The van der Waals surface area contributed by atoms with Gasteiger partial charge in [0.2, 0.25) is 0 Å². The smallest absolute Gasteiger partial charge is 0.335 e. The third kappa shape index (κ3) is 3.53. The van der Waals surface area contributed by atoms with Crippen molar-refractivity contribution >= 4 is 17.3 Å². The number of hydrogen-bond donors (Lipinski definition) is 2. The number of nitrogens with zero attached hydrogens (tertiary/aromatic N) is 2. The van der Waals surface area contributed by atoms with Crippen LogP contribution in [0.5, 0.6) is 0 Å². The second kappa shape index (κ2) is 6.00. The maximum absolute atomic E-state index is 10.9. The first-order valence-corrected chi connectivity index (χ1v) is 6.14. The van der Waals surface area contributed by atoms with E-state index in [1.807, 2.05) is 0 Å². The summed E-state index contributed by atoms with van der Waals surface area (Å²) in [5.41, 5.74) is 2.07. The molecule has 2 rings (SSSR count). The van der Waals surface area contributed by atoms with Gasteiger partial charge in [-0.2, -0.15) is 0 Å². The summed E-state index contributed by atoms with van der Waals surface area (Å²) < 4.78 is 0. The van der Waals surface area contributed by atoms with Gasteiger partial charge in [0.15, 0.2) is 0 Å². The Labute approximate surface area is 120 Å². The predicted molar refractivity (Wildman–Crippen MR) is 76.4 cm³/mol. The number of aromatic carboxylic acids is 1. The van der Waals surface area contributed by atoms with Gasteiger partial charge < -0.3 is 10.4 Å². The molecular weight excluding hydrogens is 274 g/mol. The fourth-order valence-electron chi connectivity index (χ4n) is 1.87. The number of nitro benzene ring substituents is 1. The molecule has 0 aliphatic rings. The van der Waals surface area contributed by atoms with Crippen molar-refractivity contribution in [3.05, 3.63) is 63.5 Å². The summed E-state index contributed by atoms with van der Waals surface area (Å²) in [6, 6.07) is 7.60. The van der Waals surface area contributed by atoms with E-state index >= 15 is 0 Å². The number of hydrogen-bond acceptors (Lipinski definition) is 5. The van der Waals surface area contributed by atoms with Crippen LogP contribution in [0.1, 0.15) is 21.6 Å². The molecule has 7 heteroatoms. The molecule has 21 heavy (non-hydrogen) atoms. The first-order chi connectivity index (χ1) is 9.97. The summed E-state index contributed by atoms with van der Waals surface area (Å²) in [5.74, 6) is -1.01. The minimum Gasteiger partial charge on any atom is -0.478 e. The van der Waals surface area contributed by atoms with Crippen molar-refractivity contribution in [2.24, 2.45) is 0 Å². The zero-order valence-electron chi connectivity index (χ0n) is 11.2. The van der Waals surface area contributed by atoms with Gasteiger partial charge in [-0.05, 0) is 31.2 Å². The fourth-order valence-corrected chi connectivity index (χ4v) is 1.87. The Kier molecular flexibility index (Phi) is 4.13. The number of pyridine rings is 1.